The molecule has 1 aliphatic heterocycles. The van der Waals surface area contributed by atoms with Gasteiger partial charge in [0.1, 0.15) is 11.6 Å². The fourth-order valence-corrected chi connectivity index (χ4v) is 5.00. The topological polar surface area (TPSA) is 47.4 Å². The van der Waals surface area contributed by atoms with Gasteiger partial charge in [-0.05, 0) is 80.3 Å². The third-order valence-corrected chi connectivity index (χ3v) is 7.15. The molecule has 4 aromatic rings. The quantitative estimate of drug-likeness (QED) is 0.260. The molecule has 0 N–H and O–H groups in total. The van der Waals surface area contributed by atoms with E-state index in [0.29, 0.717) is 24.6 Å². The number of benzene rings is 3. The number of nitrogens with zero attached hydrogens (tertiary/aromatic N) is 3. The van der Waals surface area contributed by atoms with Crippen molar-refractivity contribution in [3.63, 3.8) is 0 Å². The molecule has 1 aliphatic rings. The predicted octanol–water partition coefficient (Wildman–Crippen LogP) is 6.69. The van der Waals surface area contributed by atoms with Gasteiger partial charge in [-0.15, -0.1) is 0 Å². The van der Waals surface area contributed by atoms with Crippen LogP contribution in [0.3, 0.4) is 0 Å². The lowest BCUT2D eigenvalue weighted by molar-refractivity contribution is -0.117. The molecule has 0 saturated carbocycles. The third kappa shape index (κ3) is 4.92. The third-order valence-electron chi connectivity index (χ3n) is 6.90. The van der Waals surface area contributed by atoms with E-state index < -0.39 is 0 Å². The van der Waals surface area contributed by atoms with Gasteiger partial charge in [-0.2, -0.15) is 0 Å². The molecule has 5 nitrogen and oxygen atoms in total. The summed E-state index contributed by atoms with van der Waals surface area (Å²) in [4.78, 5) is 20.0. The lowest BCUT2D eigenvalue weighted by atomic mass is 10.1. The van der Waals surface area contributed by atoms with Crippen molar-refractivity contribution in [1.82, 2.24) is 9.55 Å². The number of rotatable bonds is 8. The first-order valence-corrected chi connectivity index (χ1v) is 12.6. The predicted molar refractivity (Wildman–Crippen MR) is 142 cm³/mol. The summed E-state index contributed by atoms with van der Waals surface area (Å²) >= 11 is 5.95. The number of hydrogen-bond acceptors (Lipinski definition) is 3. The van der Waals surface area contributed by atoms with Crippen molar-refractivity contribution >= 4 is 34.2 Å². The van der Waals surface area contributed by atoms with E-state index in [1.807, 2.05) is 47.4 Å². The molecule has 1 aromatic heterocycles. The second kappa shape index (κ2) is 10.1. The van der Waals surface area contributed by atoms with Crippen LogP contribution in [-0.2, 0) is 11.3 Å². The Kier molecular flexibility index (Phi) is 6.78. The Morgan fingerprint density at radius 1 is 1.00 bits per heavy atom. The highest BCUT2D eigenvalue weighted by molar-refractivity contribution is 6.30. The molecule has 2 heterocycles. The molecule has 1 atom stereocenters. The van der Waals surface area contributed by atoms with Gasteiger partial charge in [-0.1, -0.05) is 35.9 Å². The number of hydrogen-bond donors (Lipinski definition) is 0. The number of halogens is 1. The Balaban J connectivity index is 1.31. The number of para-hydroxylation sites is 2. The molecule has 0 aliphatic carbocycles. The summed E-state index contributed by atoms with van der Waals surface area (Å²) in [5, 5.41) is 0.707. The van der Waals surface area contributed by atoms with E-state index in [0.717, 1.165) is 53.2 Å². The van der Waals surface area contributed by atoms with Crippen LogP contribution in [0.25, 0.3) is 11.0 Å². The highest BCUT2D eigenvalue weighted by Crippen LogP contribution is 2.35. The number of fused-ring (bicyclic) bond motifs is 1. The standard InChI is InChI=1S/C29H30ClN3O2/c1-20-8-7-11-26(21(20)2)33-19-22(18-28(33)34)29-31-25-9-3-4-10-27(25)32(29)16-5-6-17-35-24-14-12-23(30)13-15-24/h3-4,7-15,22H,5-6,16-19H2,1-2H3. The van der Waals surface area contributed by atoms with Gasteiger partial charge in [-0.3, -0.25) is 4.79 Å². The van der Waals surface area contributed by atoms with Gasteiger partial charge in [-0.25, -0.2) is 4.98 Å². The Hall–Kier alpha value is -3.31. The minimum absolute atomic E-state index is 0.0696. The van der Waals surface area contributed by atoms with E-state index in [1.54, 1.807) is 0 Å². The van der Waals surface area contributed by atoms with Crippen LogP contribution in [0.4, 0.5) is 5.69 Å². The van der Waals surface area contributed by atoms with E-state index in [9.17, 15) is 4.79 Å². The number of amides is 1. The first kappa shape index (κ1) is 23.4. The largest absolute Gasteiger partial charge is 0.494 e. The lowest BCUT2D eigenvalue weighted by Crippen LogP contribution is -2.25. The molecule has 1 unspecified atom stereocenters. The second-order valence-corrected chi connectivity index (χ2v) is 9.68. The van der Waals surface area contributed by atoms with Crippen LogP contribution in [0, 0.1) is 13.8 Å². The van der Waals surface area contributed by atoms with Gasteiger partial charge in [0, 0.05) is 36.1 Å². The van der Waals surface area contributed by atoms with Crippen molar-refractivity contribution in [3.8, 4) is 5.75 Å². The maximum Gasteiger partial charge on any atom is 0.227 e. The van der Waals surface area contributed by atoms with Crippen molar-refractivity contribution in [2.24, 2.45) is 0 Å². The maximum absolute atomic E-state index is 13.1. The van der Waals surface area contributed by atoms with Gasteiger partial charge in [0.15, 0.2) is 0 Å². The number of imidazole rings is 1. The second-order valence-electron chi connectivity index (χ2n) is 9.24. The summed E-state index contributed by atoms with van der Waals surface area (Å²) in [7, 11) is 0. The van der Waals surface area contributed by atoms with Crippen LogP contribution in [-0.4, -0.2) is 28.6 Å². The molecule has 35 heavy (non-hydrogen) atoms. The molecule has 0 bridgehead atoms. The van der Waals surface area contributed by atoms with E-state index in [-0.39, 0.29) is 11.8 Å². The number of unbranched alkanes of at least 4 members (excludes halogenated alkanes) is 1. The maximum atomic E-state index is 13.1. The number of ether oxygens (including phenoxy) is 1. The Labute approximate surface area is 211 Å². The number of aryl methyl sites for hydroxylation is 2. The molecule has 1 saturated heterocycles. The summed E-state index contributed by atoms with van der Waals surface area (Å²) < 4.78 is 8.17. The number of carbonyl (C=O) groups excluding carboxylic acids is 1. The Morgan fingerprint density at radius 3 is 2.63 bits per heavy atom. The SMILES string of the molecule is Cc1cccc(N2CC(c3nc4ccccc4n3CCCCOc3ccc(Cl)cc3)CC2=O)c1C. The van der Waals surface area contributed by atoms with Crippen LogP contribution in [0.1, 0.15) is 42.1 Å². The minimum atomic E-state index is 0.0696. The fourth-order valence-electron chi connectivity index (χ4n) is 4.88. The van der Waals surface area contributed by atoms with E-state index in [2.05, 4.69) is 42.7 Å². The summed E-state index contributed by atoms with van der Waals surface area (Å²) in [6, 6.07) is 21.9. The van der Waals surface area contributed by atoms with E-state index >= 15 is 0 Å². The Morgan fingerprint density at radius 2 is 1.80 bits per heavy atom. The van der Waals surface area contributed by atoms with E-state index in [4.69, 9.17) is 21.3 Å². The van der Waals surface area contributed by atoms with Crippen LogP contribution in [0.15, 0.2) is 66.7 Å². The molecule has 1 fully saturated rings. The average Bonchev–Trinajstić information content (AvgIpc) is 3.42. The fraction of sp³-hybridized carbons (Fsp3) is 0.310. The molecule has 0 radical (unpaired) electrons. The molecule has 6 heteroatoms. The van der Waals surface area contributed by atoms with Gasteiger partial charge < -0.3 is 14.2 Å². The average molecular weight is 488 g/mol. The van der Waals surface area contributed by atoms with Crippen LogP contribution in [0.2, 0.25) is 5.02 Å². The summed E-state index contributed by atoms with van der Waals surface area (Å²) in [6.45, 7) is 6.33. The summed E-state index contributed by atoms with van der Waals surface area (Å²) in [5.74, 6) is 2.07. The summed E-state index contributed by atoms with van der Waals surface area (Å²) in [6.07, 6.45) is 2.37. The Bertz CT molecular complexity index is 1350. The smallest absolute Gasteiger partial charge is 0.227 e. The number of carbonyl (C=O) groups is 1. The molecular formula is C29H30ClN3O2. The van der Waals surface area contributed by atoms with Crippen LogP contribution < -0.4 is 9.64 Å². The van der Waals surface area contributed by atoms with Crippen LogP contribution >= 0.6 is 11.6 Å². The lowest BCUT2D eigenvalue weighted by Gasteiger charge is -2.20. The first-order chi connectivity index (χ1) is 17.0. The van der Waals surface area contributed by atoms with Crippen molar-refractivity contribution in [2.45, 2.75) is 45.6 Å². The number of anilines is 1. The highest BCUT2D eigenvalue weighted by atomic mass is 35.5. The van der Waals surface area contributed by atoms with Crippen molar-refractivity contribution < 1.29 is 9.53 Å². The zero-order valence-corrected chi connectivity index (χ0v) is 21.0. The number of aromatic nitrogens is 2. The molecule has 0 spiro atoms. The van der Waals surface area contributed by atoms with Crippen molar-refractivity contribution in [1.29, 1.82) is 0 Å². The normalized spacial score (nSPS) is 15.8. The van der Waals surface area contributed by atoms with E-state index in [1.165, 1.54) is 5.56 Å². The monoisotopic (exact) mass is 487 g/mol. The molecule has 180 valence electrons. The molecular weight excluding hydrogens is 458 g/mol. The molecule has 5 rings (SSSR count). The van der Waals surface area contributed by atoms with Gasteiger partial charge >= 0.3 is 0 Å². The van der Waals surface area contributed by atoms with Gasteiger partial charge in [0.05, 0.1) is 17.6 Å². The summed E-state index contributed by atoms with van der Waals surface area (Å²) in [5.41, 5.74) is 5.48. The minimum Gasteiger partial charge on any atom is -0.494 e. The van der Waals surface area contributed by atoms with Crippen LogP contribution in [0.5, 0.6) is 5.75 Å². The van der Waals surface area contributed by atoms with Gasteiger partial charge in [0.2, 0.25) is 5.91 Å². The highest BCUT2D eigenvalue weighted by Gasteiger charge is 2.35. The first-order valence-electron chi connectivity index (χ1n) is 12.2. The molecule has 3 aromatic carbocycles. The van der Waals surface area contributed by atoms with Crippen molar-refractivity contribution in [2.75, 3.05) is 18.1 Å². The zero-order valence-electron chi connectivity index (χ0n) is 20.2. The zero-order chi connectivity index (χ0) is 24.4. The van der Waals surface area contributed by atoms with Crippen molar-refractivity contribution in [3.05, 3.63) is 88.7 Å². The molecule has 1 amide bonds. The van der Waals surface area contributed by atoms with Gasteiger partial charge in [0.25, 0.3) is 0 Å².